The molecule has 0 radical (unpaired) electrons. The van der Waals surface area contributed by atoms with Crippen LogP contribution < -0.4 is 5.73 Å². The molecule has 0 fully saturated rings. The maximum absolute atomic E-state index is 10.8. The Morgan fingerprint density at radius 2 is 2.18 bits per heavy atom. The molecular formula is C7H15NO3. The number of carbonyl (C=O) groups excluding carboxylic acids is 1. The summed E-state index contributed by atoms with van der Waals surface area (Å²) in [5.41, 5.74) is 5.41. The van der Waals surface area contributed by atoms with Crippen LogP contribution in [0.5, 0.6) is 0 Å². The van der Waals surface area contributed by atoms with Gasteiger partial charge < -0.3 is 5.73 Å². The molecule has 1 unspecified atom stereocenters. The van der Waals surface area contributed by atoms with Gasteiger partial charge in [0.1, 0.15) is 6.04 Å². The van der Waals surface area contributed by atoms with Gasteiger partial charge in [0.25, 0.3) is 0 Å². The SMILES string of the molecule is CCCC(N)C(=O)OOCC. The Balaban J connectivity index is 3.47. The van der Waals surface area contributed by atoms with Gasteiger partial charge in [0.2, 0.25) is 0 Å². The molecule has 0 spiro atoms. The number of hydrogen-bond acceptors (Lipinski definition) is 4. The molecule has 0 heterocycles. The van der Waals surface area contributed by atoms with Gasteiger partial charge in [-0.15, -0.1) is 0 Å². The van der Waals surface area contributed by atoms with Crippen molar-refractivity contribution in [3.05, 3.63) is 0 Å². The average molecular weight is 161 g/mol. The number of carbonyl (C=O) groups is 1. The van der Waals surface area contributed by atoms with E-state index in [9.17, 15) is 4.79 Å². The van der Waals surface area contributed by atoms with Crippen molar-refractivity contribution >= 4 is 5.97 Å². The first kappa shape index (κ1) is 10.4. The zero-order valence-corrected chi connectivity index (χ0v) is 7.00. The summed E-state index contributed by atoms with van der Waals surface area (Å²) in [4.78, 5) is 19.6. The molecule has 0 aliphatic rings. The minimum absolute atomic E-state index is 0.352. The smallest absolute Gasteiger partial charge is 0.318 e. The highest BCUT2D eigenvalue weighted by atomic mass is 17.2. The summed E-state index contributed by atoms with van der Waals surface area (Å²) >= 11 is 0. The molecule has 4 heteroatoms. The van der Waals surface area contributed by atoms with E-state index in [1.54, 1.807) is 6.92 Å². The van der Waals surface area contributed by atoms with Crippen LogP contribution in [0.1, 0.15) is 26.7 Å². The molecule has 11 heavy (non-hydrogen) atoms. The molecule has 0 bridgehead atoms. The van der Waals surface area contributed by atoms with Crippen LogP contribution in [-0.4, -0.2) is 18.6 Å². The van der Waals surface area contributed by atoms with E-state index in [4.69, 9.17) is 5.73 Å². The largest absolute Gasteiger partial charge is 0.358 e. The van der Waals surface area contributed by atoms with Crippen molar-refractivity contribution in [2.45, 2.75) is 32.7 Å². The van der Waals surface area contributed by atoms with Crippen molar-refractivity contribution in [3.8, 4) is 0 Å². The topological polar surface area (TPSA) is 61.6 Å². The lowest BCUT2D eigenvalue weighted by atomic mass is 10.2. The average Bonchev–Trinajstić information content (AvgIpc) is 2.00. The van der Waals surface area contributed by atoms with Crippen molar-refractivity contribution in [3.63, 3.8) is 0 Å². The van der Waals surface area contributed by atoms with E-state index in [-0.39, 0.29) is 0 Å². The van der Waals surface area contributed by atoms with Gasteiger partial charge in [-0.05, 0) is 13.3 Å². The molecule has 1 atom stereocenters. The van der Waals surface area contributed by atoms with Crippen LogP contribution in [0.3, 0.4) is 0 Å². The normalized spacial score (nSPS) is 12.6. The van der Waals surface area contributed by atoms with Gasteiger partial charge in [0, 0.05) is 0 Å². The summed E-state index contributed by atoms with van der Waals surface area (Å²) in [7, 11) is 0. The lowest BCUT2D eigenvalue weighted by molar-refractivity contribution is -0.270. The molecule has 0 aromatic rings. The number of hydrogen-bond donors (Lipinski definition) is 1. The van der Waals surface area contributed by atoms with E-state index in [0.29, 0.717) is 13.0 Å². The highest BCUT2D eigenvalue weighted by Gasteiger charge is 2.14. The maximum Gasteiger partial charge on any atom is 0.358 e. The van der Waals surface area contributed by atoms with Crippen LogP contribution in [0.4, 0.5) is 0 Å². The van der Waals surface area contributed by atoms with Crippen molar-refractivity contribution < 1.29 is 14.6 Å². The maximum atomic E-state index is 10.8. The highest BCUT2D eigenvalue weighted by Crippen LogP contribution is 1.95. The van der Waals surface area contributed by atoms with Gasteiger partial charge in [-0.25, -0.2) is 4.79 Å². The summed E-state index contributed by atoms with van der Waals surface area (Å²) < 4.78 is 0. The molecule has 4 nitrogen and oxygen atoms in total. The van der Waals surface area contributed by atoms with Gasteiger partial charge in [0.05, 0.1) is 6.61 Å². The molecular weight excluding hydrogens is 146 g/mol. The lowest BCUT2D eigenvalue weighted by Crippen LogP contribution is -2.32. The molecule has 0 aliphatic heterocycles. The Labute approximate surface area is 66.6 Å². The molecule has 0 rings (SSSR count). The van der Waals surface area contributed by atoms with Gasteiger partial charge in [-0.3, -0.25) is 4.89 Å². The third-order valence-electron chi connectivity index (χ3n) is 1.16. The molecule has 66 valence electrons. The number of rotatable bonds is 5. The molecule has 0 saturated heterocycles. The molecule has 0 aliphatic carbocycles. The minimum atomic E-state index is -0.549. The summed E-state index contributed by atoms with van der Waals surface area (Å²) in [6.45, 7) is 4.04. The van der Waals surface area contributed by atoms with Crippen molar-refractivity contribution in [2.75, 3.05) is 6.61 Å². The van der Waals surface area contributed by atoms with Crippen molar-refractivity contribution in [1.29, 1.82) is 0 Å². The predicted molar refractivity (Wildman–Crippen MR) is 40.6 cm³/mol. The van der Waals surface area contributed by atoms with Crippen molar-refractivity contribution in [1.82, 2.24) is 0 Å². The molecule has 0 saturated carbocycles. The molecule has 0 amide bonds. The van der Waals surface area contributed by atoms with Gasteiger partial charge in [-0.2, -0.15) is 4.89 Å². The monoisotopic (exact) mass is 161 g/mol. The predicted octanol–water partition coefficient (Wildman–Crippen LogP) is 0.609. The summed E-state index contributed by atoms with van der Waals surface area (Å²) in [5, 5.41) is 0. The van der Waals surface area contributed by atoms with Crippen molar-refractivity contribution in [2.24, 2.45) is 5.73 Å². The van der Waals surface area contributed by atoms with Crippen LogP contribution in [0.15, 0.2) is 0 Å². The second kappa shape index (κ2) is 6.12. The van der Waals surface area contributed by atoms with Gasteiger partial charge in [0.15, 0.2) is 0 Å². The first-order chi connectivity index (χ1) is 5.22. The standard InChI is InChI=1S/C7H15NO3/c1-3-5-6(8)7(9)11-10-4-2/h6H,3-5,8H2,1-2H3. The first-order valence-corrected chi connectivity index (χ1v) is 3.81. The Bertz CT molecular complexity index is 116. The zero-order chi connectivity index (χ0) is 8.69. The van der Waals surface area contributed by atoms with Crippen LogP contribution >= 0.6 is 0 Å². The third kappa shape index (κ3) is 4.75. The van der Waals surface area contributed by atoms with Gasteiger partial charge in [-0.1, -0.05) is 13.3 Å². The molecule has 2 N–H and O–H groups in total. The highest BCUT2D eigenvalue weighted by molar-refractivity contribution is 5.74. The Morgan fingerprint density at radius 3 is 2.64 bits per heavy atom. The van der Waals surface area contributed by atoms with Gasteiger partial charge >= 0.3 is 5.97 Å². The molecule has 0 aromatic heterocycles. The van der Waals surface area contributed by atoms with Crippen LogP contribution in [0.2, 0.25) is 0 Å². The fraction of sp³-hybridized carbons (Fsp3) is 0.857. The van der Waals surface area contributed by atoms with E-state index in [1.807, 2.05) is 6.92 Å². The van der Waals surface area contributed by atoms with E-state index in [2.05, 4.69) is 9.78 Å². The zero-order valence-electron chi connectivity index (χ0n) is 7.00. The van der Waals surface area contributed by atoms with E-state index in [0.717, 1.165) is 6.42 Å². The fourth-order valence-corrected chi connectivity index (χ4v) is 0.608. The molecule has 0 aromatic carbocycles. The first-order valence-electron chi connectivity index (χ1n) is 3.81. The minimum Gasteiger partial charge on any atom is -0.318 e. The Kier molecular flexibility index (Phi) is 5.78. The van der Waals surface area contributed by atoms with E-state index >= 15 is 0 Å². The van der Waals surface area contributed by atoms with Crippen LogP contribution in [0, 0.1) is 0 Å². The Morgan fingerprint density at radius 1 is 1.55 bits per heavy atom. The second-order valence-corrected chi connectivity index (χ2v) is 2.20. The van der Waals surface area contributed by atoms with E-state index in [1.165, 1.54) is 0 Å². The lowest BCUT2D eigenvalue weighted by Gasteiger charge is -2.07. The van der Waals surface area contributed by atoms with Crippen LogP contribution in [-0.2, 0) is 14.6 Å². The second-order valence-electron chi connectivity index (χ2n) is 2.20. The fourth-order valence-electron chi connectivity index (χ4n) is 0.608. The quantitative estimate of drug-likeness (QED) is 0.474. The number of nitrogens with two attached hydrogens (primary N) is 1. The third-order valence-corrected chi connectivity index (χ3v) is 1.16. The van der Waals surface area contributed by atoms with Crippen LogP contribution in [0.25, 0.3) is 0 Å². The van der Waals surface area contributed by atoms with E-state index < -0.39 is 12.0 Å². The Hall–Kier alpha value is -0.610. The summed E-state index contributed by atoms with van der Waals surface area (Å²) in [6.07, 6.45) is 1.49. The summed E-state index contributed by atoms with van der Waals surface area (Å²) in [5.74, 6) is -0.492. The summed E-state index contributed by atoms with van der Waals surface area (Å²) in [6, 6.07) is -0.549.